The molecule has 2 atom stereocenters. The number of likely N-dealkylation sites (N-methyl/N-ethyl adjacent to an activating group) is 1. The molecule has 2 amide bonds. The van der Waals surface area contributed by atoms with Gasteiger partial charge >= 0.3 is 0 Å². The van der Waals surface area contributed by atoms with E-state index in [2.05, 4.69) is 20.5 Å². The average molecular weight is 469 g/mol. The number of fused-ring (bicyclic) bond motifs is 2. The first-order valence-electron chi connectivity index (χ1n) is 10.2. The summed E-state index contributed by atoms with van der Waals surface area (Å²) in [4.78, 5) is 34.9. The summed E-state index contributed by atoms with van der Waals surface area (Å²) in [6.07, 6.45) is 1.71. The lowest BCUT2D eigenvalue weighted by atomic mass is 10.2. The van der Waals surface area contributed by atoms with Crippen molar-refractivity contribution in [2.45, 2.75) is 23.5 Å². The number of H-pyrrole nitrogens is 1. The summed E-state index contributed by atoms with van der Waals surface area (Å²) in [7, 11) is 1.71. The SMILES string of the molecule is CN1C(=O)[C@@H](NC(=O)C2CN(Cc3ccccc3)C=N2)CSc2cc3[nH]nc(Cl)c3cc21. The third-order valence-electron chi connectivity index (χ3n) is 5.66. The minimum Gasteiger partial charge on any atom is -0.356 e. The van der Waals surface area contributed by atoms with Crippen molar-refractivity contribution in [3.8, 4) is 0 Å². The molecule has 0 aliphatic carbocycles. The van der Waals surface area contributed by atoms with Crippen molar-refractivity contribution < 1.29 is 9.59 Å². The molecule has 1 unspecified atom stereocenters. The third kappa shape index (κ3) is 3.93. The normalized spacial score (nSPS) is 20.5. The lowest BCUT2D eigenvalue weighted by molar-refractivity contribution is -0.127. The van der Waals surface area contributed by atoms with Crippen LogP contribution < -0.4 is 10.2 Å². The molecule has 2 aliphatic heterocycles. The van der Waals surface area contributed by atoms with Crippen molar-refractivity contribution in [1.82, 2.24) is 20.4 Å². The highest BCUT2D eigenvalue weighted by molar-refractivity contribution is 7.99. The number of aliphatic imine (C=N–C) groups is 1. The maximum Gasteiger partial charge on any atom is 0.250 e. The number of aromatic amines is 1. The molecule has 164 valence electrons. The molecule has 5 rings (SSSR count). The largest absolute Gasteiger partial charge is 0.356 e. The number of halogens is 1. The maximum absolute atomic E-state index is 13.1. The highest BCUT2D eigenvalue weighted by Crippen LogP contribution is 2.38. The van der Waals surface area contributed by atoms with Crippen LogP contribution in [0.5, 0.6) is 0 Å². The molecular weight excluding hydrogens is 448 g/mol. The molecule has 2 aliphatic rings. The van der Waals surface area contributed by atoms with Crippen molar-refractivity contribution in [2.75, 3.05) is 24.2 Å². The Balaban J connectivity index is 1.26. The van der Waals surface area contributed by atoms with Gasteiger partial charge in [0.25, 0.3) is 0 Å². The molecule has 0 saturated heterocycles. The number of nitrogens with one attached hydrogen (secondary N) is 2. The Morgan fingerprint density at radius 2 is 2.12 bits per heavy atom. The molecule has 3 heterocycles. The van der Waals surface area contributed by atoms with E-state index < -0.39 is 12.1 Å². The van der Waals surface area contributed by atoms with Crippen LogP contribution >= 0.6 is 23.4 Å². The van der Waals surface area contributed by atoms with Gasteiger partial charge in [-0.2, -0.15) is 5.10 Å². The molecule has 8 nitrogen and oxygen atoms in total. The van der Waals surface area contributed by atoms with Crippen LogP contribution in [0.15, 0.2) is 52.4 Å². The maximum atomic E-state index is 13.1. The summed E-state index contributed by atoms with van der Waals surface area (Å²) < 4.78 is 0. The van der Waals surface area contributed by atoms with Gasteiger partial charge in [0.15, 0.2) is 5.15 Å². The third-order valence-corrected chi connectivity index (χ3v) is 7.08. The molecule has 2 aromatic carbocycles. The smallest absolute Gasteiger partial charge is 0.250 e. The quantitative estimate of drug-likeness (QED) is 0.614. The summed E-state index contributed by atoms with van der Waals surface area (Å²) >= 11 is 7.67. The van der Waals surface area contributed by atoms with Crippen molar-refractivity contribution >= 4 is 58.1 Å². The van der Waals surface area contributed by atoms with Crippen LogP contribution in [-0.4, -0.2) is 64.7 Å². The first kappa shape index (κ1) is 20.8. The van der Waals surface area contributed by atoms with E-state index >= 15 is 0 Å². The molecule has 2 N–H and O–H groups in total. The van der Waals surface area contributed by atoms with Crippen LogP contribution in [-0.2, 0) is 16.1 Å². The number of amides is 2. The van der Waals surface area contributed by atoms with Crippen molar-refractivity contribution in [2.24, 2.45) is 4.99 Å². The molecule has 0 bridgehead atoms. The first-order chi connectivity index (χ1) is 15.5. The lowest BCUT2D eigenvalue weighted by Crippen LogP contribution is -2.51. The minimum absolute atomic E-state index is 0.174. The fourth-order valence-corrected chi connectivity index (χ4v) is 5.23. The number of hydrogen-bond donors (Lipinski definition) is 2. The van der Waals surface area contributed by atoms with E-state index in [-0.39, 0.29) is 11.8 Å². The van der Waals surface area contributed by atoms with E-state index in [0.717, 1.165) is 27.0 Å². The number of benzene rings is 2. The fraction of sp³-hybridized carbons (Fsp3) is 0.273. The van der Waals surface area contributed by atoms with E-state index in [0.29, 0.717) is 24.0 Å². The van der Waals surface area contributed by atoms with Gasteiger partial charge in [-0.1, -0.05) is 41.9 Å². The summed E-state index contributed by atoms with van der Waals surface area (Å²) in [5.74, 6) is 0.0144. The van der Waals surface area contributed by atoms with Gasteiger partial charge in [-0.3, -0.25) is 19.7 Å². The first-order valence-corrected chi connectivity index (χ1v) is 11.6. The molecule has 32 heavy (non-hydrogen) atoms. The van der Waals surface area contributed by atoms with Crippen molar-refractivity contribution in [1.29, 1.82) is 0 Å². The number of carbonyl (C=O) groups is 2. The Kier molecular flexibility index (Phi) is 5.52. The topological polar surface area (TPSA) is 93.7 Å². The number of anilines is 1. The monoisotopic (exact) mass is 468 g/mol. The molecular formula is C22H21ClN6O2S. The predicted octanol–water partition coefficient (Wildman–Crippen LogP) is 2.68. The van der Waals surface area contributed by atoms with Gasteiger partial charge in [0.05, 0.1) is 24.1 Å². The zero-order chi connectivity index (χ0) is 22.2. The van der Waals surface area contributed by atoms with Crippen LogP contribution in [0.2, 0.25) is 5.15 Å². The number of rotatable bonds is 4. The number of aromatic nitrogens is 2. The summed E-state index contributed by atoms with van der Waals surface area (Å²) in [5.41, 5.74) is 2.71. The van der Waals surface area contributed by atoms with Crippen LogP contribution in [0.4, 0.5) is 5.69 Å². The summed E-state index contributed by atoms with van der Waals surface area (Å²) in [6.45, 7) is 1.18. The van der Waals surface area contributed by atoms with Gasteiger partial charge in [-0.25, -0.2) is 0 Å². The Bertz CT molecular complexity index is 1210. The van der Waals surface area contributed by atoms with E-state index in [9.17, 15) is 9.59 Å². The fourth-order valence-electron chi connectivity index (χ4n) is 3.91. The molecule has 1 aromatic heterocycles. The Hall–Kier alpha value is -3.04. The average Bonchev–Trinajstić information content (AvgIpc) is 3.39. The van der Waals surface area contributed by atoms with Crippen LogP contribution in [0.1, 0.15) is 5.56 Å². The van der Waals surface area contributed by atoms with Crippen LogP contribution in [0.3, 0.4) is 0 Å². The van der Waals surface area contributed by atoms with Gasteiger partial charge in [0, 0.05) is 29.6 Å². The van der Waals surface area contributed by atoms with Gasteiger partial charge < -0.3 is 15.1 Å². The molecule has 0 fully saturated rings. The minimum atomic E-state index is -0.643. The highest BCUT2D eigenvalue weighted by atomic mass is 35.5. The van der Waals surface area contributed by atoms with Crippen molar-refractivity contribution in [3.63, 3.8) is 0 Å². The van der Waals surface area contributed by atoms with Crippen LogP contribution in [0, 0.1) is 0 Å². The van der Waals surface area contributed by atoms with Gasteiger partial charge in [-0.05, 0) is 17.7 Å². The Labute approximate surface area is 194 Å². The lowest BCUT2D eigenvalue weighted by Gasteiger charge is -2.23. The second-order valence-electron chi connectivity index (χ2n) is 7.84. The van der Waals surface area contributed by atoms with E-state index in [1.54, 1.807) is 18.3 Å². The number of hydrogen-bond acceptors (Lipinski definition) is 6. The molecule has 10 heteroatoms. The highest BCUT2D eigenvalue weighted by Gasteiger charge is 2.33. The van der Waals surface area contributed by atoms with Gasteiger partial charge in [0.1, 0.15) is 12.1 Å². The molecule has 0 saturated carbocycles. The summed E-state index contributed by atoms with van der Waals surface area (Å²) in [5, 5.41) is 10.9. The molecule has 3 aromatic rings. The second kappa shape index (κ2) is 8.48. The standard InChI is InChI=1S/C22H21ClN6O2S/c1-28-18-7-14-15(26-27-20(14)23)8-19(18)32-11-17(22(28)31)25-21(30)16-10-29(12-24-16)9-13-5-3-2-4-6-13/h2-8,12,16-17H,9-11H2,1H3,(H,25,30)(H,26,27)/t16?,17-/m0/s1. The molecule has 0 spiro atoms. The van der Waals surface area contributed by atoms with E-state index in [1.165, 1.54) is 11.8 Å². The van der Waals surface area contributed by atoms with E-state index in [4.69, 9.17) is 11.6 Å². The second-order valence-corrected chi connectivity index (χ2v) is 9.26. The zero-order valence-electron chi connectivity index (χ0n) is 17.3. The number of thioether (sulfide) groups is 1. The molecule has 0 radical (unpaired) electrons. The predicted molar refractivity (Wildman–Crippen MR) is 126 cm³/mol. The van der Waals surface area contributed by atoms with Gasteiger partial charge in [-0.15, -0.1) is 11.8 Å². The van der Waals surface area contributed by atoms with E-state index in [1.807, 2.05) is 47.4 Å². The van der Waals surface area contributed by atoms with Crippen molar-refractivity contribution in [3.05, 3.63) is 53.2 Å². The zero-order valence-corrected chi connectivity index (χ0v) is 18.9. The Morgan fingerprint density at radius 3 is 2.94 bits per heavy atom. The van der Waals surface area contributed by atoms with Gasteiger partial charge in [0.2, 0.25) is 11.8 Å². The van der Waals surface area contributed by atoms with Crippen LogP contribution in [0.25, 0.3) is 10.9 Å². The summed E-state index contributed by atoms with van der Waals surface area (Å²) in [6, 6.07) is 12.6. The Morgan fingerprint density at radius 1 is 1.31 bits per heavy atom. The number of nitrogens with zero attached hydrogens (tertiary/aromatic N) is 4. The number of carbonyl (C=O) groups excluding carboxylic acids is 2.